The Bertz CT molecular complexity index is 216. The highest BCUT2D eigenvalue weighted by Crippen LogP contribution is 2.03. The van der Waals surface area contributed by atoms with Crippen molar-refractivity contribution in [2.75, 3.05) is 13.1 Å². The van der Waals surface area contributed by atoms with Gasteiger partial charge >= 0.3 is 0 Å². The summed E-state index contributed by atoms with van der Waals surface area (Å²) in [5.74, 6) is -0.0174. The minimum atomic E-state index is -0.349. The van der Waals surface area contributed by atoms with Gasteiger partial charge in [0, 0.05) is 6.54 Å². The van der Waals surface area contributed by atoms with Crippen LogP contribution in [0.5, 0.6) is 0 Å². The third kappa shape index (κ3) is 2.44. The maximum Gasteiger partial charge on any atom is 0.245 e. The lowest BCUT2D eigenvalue weighted by Crippen LogP contribution is -2.56. The second-order valence-corrected chi connectivity index (χ2v) is 3.40. The maximum absolute atomic E-state index is 11.5. The van der Waals surface area contributed by atoms with Crippen molar-refractivity contribution in [2.24, 2.45) is 0 Å². The number of rotatable bonds is 3. The molecule has 74 valence electrons. The van der Waals surface area contributed by atoms with Crippen LogP contribution in [-0.4, -0.2) is 35.8 Å². The van der Waals surface area contributed by atoms with E-state index in [1.54, 1.807) is 11.8 Å². The summed E-state index contributed by atoms with van der Waals surface area (Å²) in [6, 6.07) is -0.349. The van der Waals surface area contributed by atoms with Gasteiger partial charge in [0.05, 0.1) is 6.54 Å². The summed E-state index contributed by atoms with van der Waals surface area (Å²) < 4.78 is 0. The number of piperazine rings is 1. The van der Waals surface area contributed by atoms with Crippen molar-refractivity contribution >= 4 is 11.8 Å². The number of amides is 2. The number of nitrogens with one attached hydrogen (secondary N) is 1. The highest BCUT2D eigenvalue weighted by Gasteiger charge is 2.28. The minimum absolute atomic E-state index is 0.0352. The Balaban J connectivity index is 2.51. The molecular formula is C9H16N2O2. The smallest absolute Gasteiger partial charge is 0.245 e. The molecule has 13 heavy (non-hydrogen) atoms. The predicted octanol–water partition coefficient (Wildman–Crippen LogP) is 0.133. The molecule has 1 aliphatic rings. The fourth-order valence-electron chi connectivity index (χ4n) is 1.41. The number of unbranched alkanes of at least 4 members (excludes halogenated alkanes) is 1. The van der Waals surface area contributed by atoms with Gasteiger partial charge in [-0.15, -0.1) is 0 Å². The van der Waals surface area contributed by atoms with E-state index in [9.17, 15) is 9.59 Å². The molecular weight excluding hydrogens is 168 g/mol. The molecule has 1 unspecified atom stereocenters. The van der Waals surface area contributed by atoms with Gasteiger partial charge in [0.25, 0.3) is 0 Å². The number of hydrogen-bond donors (Lipinski definition) is 1. The van der Waals surface area contributed by atoms with Crippen LogP contribution in [0.3, 0.4) is 0 Å². The number of nitrogens with zero attached hydrogens (tertiary/aromatic N) is 1. The monoisotopic (exact) mass is 184 g/mol. The summed E-state index contributed by atoms with van der Waals surface area (Å²) in [6.07, 6.45) is 2.01. The molecule has 0 aromatic rings. The molecule has 0 saturated carbocycles. The first-order valence-electron chi connectivity index (χ1n) is 4.73. The zero-order valence-corrected chi connectivity index (χ0v) is 8.17. The van der Waals surface area contributed by atoms with Gasteiger partial charge in [-0.3, -0.25) is 9.59 Å². The van der Waals surface area contributed by atoms with E-state index in [1.165, 1.54) is 0 Å². The molecule has 1 rings (SSSR count). The zero-order valence-electron chi connectivity index (χ0n) is 8.17. The van der Waals surface area contributed by atoms with Gasteiger partial charge in [-0.05, 0) is 13.3 Å². The normalized spacial score (nSPS) is 23.2. The molecule has 1 atom stereocenters. The Labute approximate surface area is 78.3 Å². The van der Waals surface area contributed by atoms with Crippen molar-refractivity contribution in [3.8, 4) is 0 Å². The topological polar surface area (TPSA) is 49.4 Å². The van der Waals surface area contributed by atoms with Gasteiger partial charge in [0.15, 0.2) is 0 Å². The third-order valence-electron chi connectivity index (χ3n) is 2.18. The third-order valence-corrected chi connectivity index (χ3v) is 2.18. The first-order valence-corrected chi connectivity index (χ1v) is 4.73. The SMILES string of the molecule is CCCCN1CC(=O)NC(C)C1=O. The molecule has 4 heteroatoms. The number of carbonyl (C=O) groups excluding carboxylic acids is 2. The summed E-state index contributed by atoms with van der Waals surface area (Å²) in [5, 5.41) is 2.61. The summed E-state index contributed by atoms with van der Waals surface area (Å²) in [5.41, 5.74) is 0. The summed E-state index contributed by atoms with van der Waals surface area (Å²) >= 11 is 0. The van der Waals surface area contributed by atoms with E-state index < -0.39 is 0 Å². The van der Waals surface area contributed by atoms with Crippen LogP contribution in [0.4, 0.5) is 0 Å². The molecule has 1 fully saturated rings. The van der Waals surface area contributed by atoms with Gasteiger partial charge in [-0.25, -0.2) is 0 Å². The highest BCUT2D eigenvalue weighted by atomic mass is 16.2. The van der Waals surface area contributed by atoms with Crippen molar-refractivity contribution in [1.29, 1.82) is 0 Å². The second kappa shape index (κ2) is 4.25. The Morgan fingerprint density at radius 1 is 1.54 bits per heavy atom. The van der Waals surface area contributed by atoms with Crippen LogP contribution in [0.1, 0.15) is 26.7 Å². The lowest BCUT2D eigenvalue weighted by molar-refractivity contribution is -0.143. The molecule has 4 nitrogen and oxygen atoms in total. The fraction of sp³-hybridized carbons (Fsp3) is 0.778. The maximum atomic E-state index is 11.5. The Morgan fingerprint density at radius 3 is 2.85 bits per heavy atom. The van der Waals surface area contributed by atoms with Crippen molar-refractivity contribution in [3.05, 3.63) is 0 Å². The van der Waals surface area contributed by atoms with E-state index >= 15 is 0 Å². The molecule has 0 aromatic carbocycles. The van der Waals surface area contributed by atoms with Gasteiger partial charge in [0.1, 0.15) is 6.04 Å². The van der Waals surface area contributed by atoms with Crippen molar-refractivity contribution < 1.29 is 9.59 Å². The Kier molecular flexibility index (Phi) is 3.28. The lowest BCUT2D eigenvalue weighted by Gasteiger charge is -2.30. The van der Waals surface area contributed by atoms with Crippen LogP contribution in [0, 0.1) is 0 Å². The second-order valence-electron chi connectivity index (χ2n) is 3.40. The lowest BCUT2D eigenvalue weighted by atomic mass is 10.2. The molecule has 1 N–H and O–H groups in total. The zero-order chi connectivity index (χ0) is 9.84. The van der Waals surface area contributed by atoms with Gasteiger partial charge in [0.2, 0.25) is 11.8 Å². The quantitative estimate of drug-likeness (QED) is 0.678. The van der Waals surface area contributed by atoms with Gasteiger partial charge in [-0.2, -0.15) is 0 Å². The fourth-order valence-corrected chi connectivity index (χ4v) is 1.41. The average molecular weight is 184 g/mol. The highest BCUT2D eigenvalue weighted by molar-refractivity contribution is 5.94. The average Bonchev–Trinajstić information content (AvgIpc) is 2.09. The van der Waals surface area contributed by atoms with Crippen LogP contribution in [0.15, 0.2) is 0 Å². The molecule has 1 saturated heterocycles. The molecule has 0 aromatic heterocycles. The van der Waals surface area contributed by atoms with E-state index in [2.05, 4.69) is 12.2 Å². The summed E-state index contributed by atoms with van der Waals surface area (Å²) in [6.45, 7) is 4.71. The Hall–Kier alpha value is -1.06. The predicted molar refractivity (Wildman–Crippen MR) is 49.1 cm³/mol. The van der Waals surface area contributed by atoms with Crippen molar-refractivity contribution in [1.82, 2.24) is 10.2 Å². The minimum Gasteiger partial charge on any atom is -0.343 e. The number of carbonyl (C=O) groups is 2. The van der Waals surface area contributed by atoms with Gasteiger partial charge < -0.3 is 10.2 Å². The van der Waals surface area contributed by atoms with E-state index in [0.717, 1.165) is 12.8 Å². The molecule has 1 heterocycles. The van der Waals surface area contributed by atoms with Crippen LogP contribution in [0.2, 0.25) is 0 Å². The first kappa shape index (κ1) is 10.0. The molecule has 0 aliphatic carbocycles. The van der Waals surface area contributed by atoms with Crippen LogP contribution < -0.4 is 5.32 Å². The van der Waals surface area contributed by atoms with Gasteiger partial charge in [-0.1, -0.05) is 13.3 Å². The van der Waals surface area contributed by atoms with Crippen LogP contribution in [-0.2, 0) is 9.59 Å². The van der Waals surface area contributed by atoms with Crippen LogP contribution >= 0.6 is 0 Å². The van der Waals surface area contributed by atoms with E-state index in [-0.39, 0.29) is 24.4 Å². The number of hydrogen-bond acceptors (Lipinski definition) is 2. The molecule has 1 aliphatic heterocycles. The van der Waals surface area contributed by atoms with E-state index in [0.29, 0.717) is 6.54 Å². The Morgan fingerprint density at radius 2 is 2.23 bits per heavy atom. The largest absolute Gasteiger partial charge is 0.343 e. The van der Waals surface area contributed by atoms with Crippen LogP contribution in [0.25, 0.3) is 0 Å². The van der Waals surface area contributed by atoms with Crippen molar-refractivity contribution in [3.63, 3.8) is 0 Å². The molecule has 0 bridgehead atoms. The summed E-state index contributed by atoms with van der Waals surface area (Å²) in [4.78, 5) is 24.2. The molecule has 0 spiro atoms. The summed E-state index contributed by atoms with van der Waals surface area (Å²) in [7, 11) is 0. The standard InChI is InChI=1S/C9H16N2O2/c1-3-4-5-11-6-8(12)10-7(2)9(11)13/h7H,3-6H2,1-2H3,(H,10,12). The van der Waals surface area contributed by atoms with E-state index in [4.69, 9.17) is 0 Å². The first-order chi connectivity index (χ1) is 6.15. The van der Waals surface area contributed by atoms with Crippen molar-refractivity contribution in [2.45, 2.75) is 32.7 Å². The van der Waals surface area contributed by atoms with E-state index in [1.807, 2.05) is 0 Å². The molecule has 0 radical (unpaired) electrons. The molecule has 2 amide bonds.